The molecular weight excluding hydrogens is 280 g/mol. The van der Waals surface area contributed by atoms with E-state index < -0.39 is 5.41 Å². The van der Waals surface area contributed by atoms with Crippen LogP contribution in [-0.4, -0.2) is 47.6 Å². The molecule has 22 heavy (non-hydrogen) atoms. The van der Waals surface area contributed by atoms with Crippen LogP contribution >= 0.6 is 0 Å². The number of nitrogens with one attached hydrogen (secondary N) is 1. The van der Waals surface area contributed by atoms with Crippen LogP contribution in [0.2, 0.25) is 0 Å². The maximum Gasteiger partial charge on any atom is 0.227 e. The van der Waals surface area contributed by atoms with Crippen molar-refractivity contribution in [3.05, 3.63) is 0 Å². The number of piperidine rings is 1. The lowest BCUT2D eigenvalue weighted by Crippen LogP contribution is -2.49. The van der Waals surface area contributed by atoms with Gasteiger partial charge >= 0.3 is 0 Å². The zero-order valence-corrected chi connectivity index (χ0v) is 14.7. The van der Waals surface area contributed by atoms with Gasteiger partial charge in [0.15, 0.2) is 0 Å². The topological polar surface area (TPSA) is 69.6 Å². The second kappa shape index (κ2) is 7.95. The number of likely N-dealkylation sites (tertiary alicyclic amines) is 1. The number of aliphatic hydroxyl groups excluding tert-OH is 1. The molecule has 3 unspecified atom stereocenters. The number of carbonyl (C=O) groups excluding carboxylic acids is 2. The molecule has 2 N–H and O–H groups in total. The number of hydrogen-bond acceptors (Lipinski definition) is 3. The summed E-state index contributed by atoms with van der Waals surface area (Å²) in [5.41, 5.74) is -0.399. The largest absolute Gasteiger partial charge is 0.393 e. The molecule has 3 atom stereocenters. The fourth-order valence-electron chi connectivity index (χ4n) is 2.93. The molecule has 2 amide bonds. The highest BCUT2D eigenvalue weighted by Crippen LogP contribution is 2.23. The van der Waals surface area contributed by atoms with E-state index in [-0.39, 0.29) is 29.8 Å². The van der Waals surface area contributed by atoms with E-state index in [0.717, 1.165) is 19.4 Å². The third kappa shape index (κ3) is 5.95. The lowest BCUT2D eigenvalue weighted by Gasteiger charge is -2.36. The van der Waals surface area contributed by atoms with Crippen molar-refractivity contribution in [1.29, 1.82) is 0 Å². The van der Waals surface area contributed by atoms with Gasteiger partial charge in [0, 0.05) is 25.0 Å². The third-order valence-electron chi connectivity index (χ3n) is 4.09. The van der Waals surface area contributed by atoms with E-state index in [1.165, 1.54) is 0 Å². The van der Waals surface area contributed by atoms with E-state index in [0.29, 0.717) is 19.5 Å². The quantitative estimate of drug-likeness (QED) is 0.813. The van der Waals surface area contributed by atoms with Crippen molar-refractivity contribution in [3.63, 3.8) is 0 Å². The van der Waals surface area contributed by atoms with Crippen molar-refractivity contribution in [2.45, 2.75) is 60.0 Å². The lowest BCUT2D eigenvalue weighted by atomic mass is 9.91. The molecule has 0 bridgehead atoms. The Kier molecular flexibility index (Phi) is 6.85. The van der Waals surface area contributed by atoms with Crippen LogP contribution in [0.3, 0.4) is 0 Å². The van der Waals surface area contributed by atoms with Gasteiger partial charge < -0.3 is 15.3 Å². The smallest absolute Gasteiger partial charge is 0.227 e. The highest BCUT2D eigenvalue weighted by Gasteiger charge is 2.33. The summed E-state index contributed by atoms with van der Waals surface area (Å²) in [6, 6.07) is 0. The molecule has 128 valence electrons. The summed E-state index contributed by atoms with van der Waals surface area (Å²) in [6.45, 7) is 11.4. The number of amides is 2. The molecule has 0 aromatic heterocycles. The Bertz CT molecular complexity index is 388. The van der Waals surface area contributed by atoms with Gasteiger partial charge in [-0.3, -0.25) is 9.59 Å². The molecule has 1 aliphatic heterocycles. The van der Waals surface area contributed by atoms with E-state index in [4.69, 9.17) is 0 Å². The first-order chi connectivity index (χ1) is 10.1. The highest BCUT2D eigenvalue weighted by atomic mass is 16.3. The molecule has 0 aliphatic carbocycles. The second-order valence-corrected chi connectivity index (χ2v) is 7.78. The van der Waals surface area contributed by atoms with Crippen molar-refractivity contribution in [1.82, 2.24) is 10.2 Å². The van der Waals surface area contributed by atoms with E-state index in [9.17, 15) is 14.7 Å². The van der Waals surface area contributed by atoms with Crippen molar-refractivity contribution in [2.24, 2.45) is 17.3 Å². The minimum atomic E-state index is -0.399. The molecule has 0 spiro atoms. The maximum atomic E-state index is 12.3. The van der Waals surface area contributed by atoms with Crippen LogP contribution in [0.5, 0.6) is 0 Å². The van der Waals surface area contributed by atoms with Crippen LogP contribution in [0.25, 0.3) is 0 Å². The molecule has 1 rings (SSSR count). The molecule has 1 fully saturated rings. The van der Waals surface area contributed by atoms with Crippen LogP contribution < -0.4 is 5.32 Å². The number of hydrogen-bond donors (Lipinski definition) is 2. The summed E-state index contributed by atoms with van der Waals surface area (Å²) in [7, 11) is 0. The van der Waals surface area contributed by atoms with Crippen molar-refractivity contribution in [2.75, 3.05) is 19.6 Å². The molecular formula is C17H32N2O3. The highest BCUT2D eigenvalue weighted by molar-refractivity contribution is 5.83. The average Bonchev–Trinajstić information content (AvgIpc) is 2.42. The summed E-state index contributed by atoms with van der Waals surface area (Å²) in [6.07, 6.45) is 2.05. The maximum absolute atomic E-state index is 12.3. The molecule has 0 saturated carbocycles. The van der Waals surface area contributed by atoms with E-state index in [2.05, 4.69) is 5.32 Å². The lowest BCUT2D eigenvalue weighted by molar-refractivity contribution is -0.142. The van der Waals surface area contributed by atoms with Crippen LogP contribution in [-0.2, 0) is 9.59 Å². The predicted molar refractivity (Wildman–Crippen MR) is 87.2 cm³/mol. The standard InChI is InChI=1S/C17H32N2O3/c1-12(9-13(2)20)10-18-15(21)14-7-6-8-19(11-14)16(22)17(3,4)5/h12-14,20H,6-11H2,1-5H3,(H,18,21). The van der Waals surface area contributed by atoms with Crippen LogP contribution in [0.15, 0.2) is 0 Å². The SMILES string of the molecule is CC(O)CC(C)CNC(=O)C1CCCN(C(=O)C(C)(C)C)C1. The van der Waals surface area contributed by atoms with Gasteiger partial charge in [-0.2, -0.15) is 0 Å². The summed E-state index contributed by atoms with van der Waals surface area (Å²) in [4.78, 5) is 26.5. The van der Waals surface area contributed by atoms with Gasteiger partial charge in [-0.25, -0.2) is 0 Å². The summed E-state index contributed by atoms with van der Waals surface area (Å²) in [5.74, 6) is 0.287. The fraction of sp³-hybridized carbons (Fsp3) is 0.882. The fourth-order valence-corrected chi connectivity index (χ4v) is 2.93. The number of aliphatic hydroxyl groups is 1. The monoisotopic (exact) mass is 312 g/mol. The Hall–Kier alpha value is -1.10. The van der Waals surface area contributed by atoms with E-state index >= 15 is 0 Å². The van der Waals surface area contributed by atoms with Crippen molar-refractivity contribution >= 4 is 11.8 Å². The minimum absolute atomic E-state index is 0.0313. The van der Waals surface area contributed by atoms with Crippen LogP contribution in [0.4, 0.5) is 0 Å². The van der Waals surface area contributed by atoms with Gasteiger partial charge in [-0.05, 0) is 32.1 Å². The Morgan fingerprint density at radius 2 is 1.95 bits per heavy atom. The van der Waals surface area contributed by atoms with Crippen molar-refractivity contribution in [3.8, 4) is 0 Å². The van der Waals surface area contributed by atoms with E-state index in [1.807, 2.05) is 32.6 Å². The predicted octanol–water partition coefficient (Wildman–Crippen LogP) is 1.79. The first-order valence-corrected chi connectivity index (χ1v) is 8.36. The number of nitrogens with zero attached hydrogens (tertiary/aromatic N) is 1. The first-order valence-electron chi connectivity index (χ1n) is 8.36. The zero-order valence-electron chi connectivity index (χ0n) is 14.7. The Morgan fingerprint density at radius 1 is 1.32 bits per heavy atom. The Balaban J connectivity index is 2.48. The second-order valence-electron chi connectivity index (χ2n) is 7.78. The van der Waals surface area contributed by atoms with Gasteiger partial charge in [0.05, 0.1) is 12.0 Å². The minimum Gasteiger partial charge on any atom is -0.393 e. The van der Waals surface area contributed by atoms with Gasteiger partial charge in [0.1, 0.15) is 0 Å². The molecule has 5 heteroatoms. The summed E-state index contributed by atoms with van der Waals surface area (Å²) in [5, 5.41) is 12.3. The molecule has 0 radical (unpaired) electrons. The Labute approximate surface area is 134 Å². The number of carbonyl (C=O) groups is 2. The van der Waals surface area contributed by atoms with Gasteiger partial charge in [0.2, 0.25) is 11.8 Å². The van der Waals surface area contributed by atoms with Gasteiger partial charge in [-0.15, -0.1) is 0 Å². The van der Waals surface area contributed by atoms with Gasteiger partial charge in [-0.1, -0.05) is 27.7 Å². The molecule has 1 aliphatic rings. The van der Waals surface area contributed by atoms with Gasteiger partial charge in [0.25, 0.3) is 0 Å². The zero-order chi connectivity index (χ0) is 16.9. The normalized spacial score (nSPS) is 22.1. The Morgan fingerprint density at radius 3 is 2.50 bits per heavy atom. The third-order valence-corrected chi connectivity index (χ3v) is 4.09. The average molecular weight is 312 g/mol. The molecule has 0 aromatic rings. The van der Waals surface area contributed by atoms with Crippen LogP contribution in [0, 0.1) is 17.3 Å². The summed E-state index contributed by atoms with van der Waals surface area (Å²) < 4.78 is 0. The van der Waals surface area contributed by atoms with Crippen LogP contribution in [0.1, 0.15) is 53.9 Å². The molecule has 1 saturated heterocycles. The first kappa shape index (κ1) is 18.9. The molecule has 5 nitrogen and oxygen atoms in total. The molecule has 1 heterocycles. The number of rotatable bonds is 5. The molecule has 0 aromatic carbocycles. The van der Waals surface area contributed by atoms with Crippen molar-refractivity contribution < 1.29 is 14.7 Å². The van der Waals surface area contributed by atoms with E-state index in [1.54, 1.807) is 6.92 Å². The summed E-state index contributed by atoms with van der Waals surface area (Å²) >= 11 is 0.